The molecule has 0 aromatic rings. The molecule has 0 heterocycles. The van der Waals surface area contributed by atoms with Gasteiger partial charge in [0.15, 0.2) is 5.76 Å². The normalized spacial score (nSPS) is 21.6. The van der Waals surface area contributed by atoms with E-state index in [2.05, 4.69) is 13.8 Å². The highest BCUT2D eigenvalue weighted by molar-refractivity contribution is 6.02. The van der Waals surface area contributed by atoms with Gasteiger partial charge in [0, 0.05) is 0 Å². The number of carbonyl (C=O) groups excluding carboxylic acids is 1. The average Bonchev–Trinajstić information content (AvgIpc) is 2.13. The monoisotopic (exact) mass is 166 g/mol. The van der Waals surface area contributed by atoms with Crippen molar-refractivity contribution in [1.82, 2.24) is 0 Å². The second-order valence-electron chi connectivity index (χ2n) is 3.66. The molecular weight excluding hydrogens is 152 g/mol. The van der Waals surface area contributed by atoms with Crippen molar-refractivity contribution in [3.05, 3.63) is 24.0 Å². The largest absolute Gasteiger partial charge is 0.493 e. The molecule has 1 aliphatic rings. The Morgan fingerprint density at radius 1 is 1.50 bits per heavy atom. The maximum atomic E-state index is 11.3. The number of ketones is 1. The molecule has 2 heteroatoms. The first-order valence-electron chi connectivity index (χ1n) is 4.03. The molecule has 1 rings (SSSR count). The topological polar surface area (TPSA) is 26.3 Å². The van der Waals surface area contributed by atoms with Gasteiger partial charge in [0.1, 0.15) is 0 Å². The summed E-state index contributed by atoms with van der Waals surface area (Å²) in [4.78, 5) is 11.3. The van der Waals surface area contributed by atoms with E-state index < -0.39 is 0 Å². The van der Waals surface area contributed by atoms with Gasteiger partial charge in [-0.2, -0.15) is 0 Å². The summed E-state index contributed by atoms with van der Waals surface area (Å²) in [5.41, 5.74) is 0.0654. The van der Waals surface area contributed by atoms with E-state index in [9.17, 15) is 4.79 Å². The predicted octanol–water partition coefficient (Wildman–Crippen LogP) is 2.07. The van der Waals surface area contributed by atoms with E-state index in [0.717, 1.165) is 6.42 Å². The molecule has 0 amide bonds. The van der Waals surface area contributed by atoms with E-state index in [1.165, 1.54) is 7.11 Å². The Bertz CT molecular complexity index is 247. The van der Waals surface area contributed by atoms with Gasteiger partial charge in [-0.15, -0.1) is 0 Å². The number of allylic oxidation sites excluding steroid dienone is 3. The smallest absolute Gasteiger partial charge is 0.219 e. The zero-order chi connectivity index (χ0) is 9.19. The minimum Gasteiger partial charge on any atom is -0.493 e. The molecule has 1 aliphatic carbocycles. The zero-order valence-electron chi connectivity index (χ0n) is 7.76. The number of carbonyl (C=O) groups is 1. The molecule has 12 heavy (non-hydrogen) atoms. The van der Waals surface area contributed by atoms with Crippen LogP contribution in [-0.4, -0.2) is 12.9 Å². The first kappa shape index (κ1) is 9.04. The Morgan fingerprint density at radius 3 is 2.75 bits per heavy atom. The van der Waals surface area contributed by atoms with Crippen LogP contribution in [0.15, 0.2) is 24.0 Å². The van der Waals surface area contributed by atoms with Crippen molar-refractivity contribution in [2.24, 2.45) is 5.41 Å². The van der Waals surface area contributed by atoms with Gasteiger partial charge in [0.25, 0.3) is 0 Å². The molecule has 0 unspecified atom stereocenters. The van der Waals surface area contributed by atoms with E-state index in [4.69, 9.17) is 4.74 Å². The molecule has 0 N–H and O–H groups in total. The highest BCUT2D eigenvalue weighted by Gasteiger charge is 2.18. The lowest BCUT2D eigenvalue weighted by Crippen LogP contribution is -2.03. The number of hydrogen-bond donors (Lipinski definition) is 0. The van der Waals surface area contributed by atoms with E-state index in [0.29, 0.717) is 5.76 Å². The summed E-state index contributed by atoms with van der Waals surface area (Å²) >= 11 is 0. The summed E-state index contributed by atoms with van der Waals surface area (Å²) in [7, 11) is 1.52. The Balaban J connectivity index is 2.91. The summed E-state index contributed by atoms with van der Waals surface area (Å²) in [6, 6.07) is 0. The van der Waals surface area contributed by atoms with Gasteiger partial charge in [-0.05, 0) is 24.0 Å². The fourth-order valence-corrected chi connectivity index (χ4v) is 1.09. The van der Waals surface area contributed by atoms with Gasteiger partial charge < -0.3 is 4.74 Å². The lowest BCUT2D eigenvalue weighted by Gasteiger charge is -2.15. The molecule has 0 fully saturated rings. The molecule has 0 saturated heterocycles. The number of ether oxygens (including phenoxy) is 1. The minimum absolute atomic E-state index is 0.0388. The van der Waals surface area contributed by atoms with Crippen LogP contribution in [0.2, 0.25) is 0 Å². The molecule has 0 aliphatic heterocycles. The number of methoxy groups -OCH3 is 1. The Kier molecular flexibility index (Phi) is 2.36. The van der Waals surface area contributed by atoms with Crippen molar-refractivity contribution in [3.8, 4) is 0 Å². The molecule has 0 spiro atoms. The molecule has 0 radical (unpaired) electrons. The third-order valence-corrected chi connectivity index (χ3v) is 1.96. The van der Waals surface area contributed by atoms with Crippen LogP contribution in [0, 0.1) is 5.41 Å². The predicted molar refractivity (Wildman–Crippen MR) is 47.6 cm³/mol. The second-order valence-corrected chi connectivity index (χ2v) is 3.66. The third kappa shape index (κ3) is 1.97. The van der Waals surface area contributed by atoms with Gasteiger partial charge in [0.05, 0.1) is 7.11 Å². The molecule has 2 nitrogen and oxygen atoms in total. The zero-order valence-corrected chi connectivity index (χ0v) is 7.76. The van der Waals surface area contributed by atoms with Crippen LogP contribution in [0.4, 0.5) is 0 Å². The van der Waals surface area contributed by atoms with Crippen LogP contribution >= 0.6 is 0 Å². The SMILES string of the molecule is COC1=CCC(C)(C)C=CC1=O. The highest BCUT2D eigenvalue weighted by Crippen LogP contribution is 2.26. The van der Waals surface area contributed by atoms with Crippen molar-refractivity contribution in [2.75, 3.05) is 7.11 Å². The van der Waals surface area contributed by atoms with E-state index in [1.807, 2.05) is 12.2 Å². The fourth-order valence-electron chi connectivity index (χ4n) is 1.09. The van der Waals surface area contributed by atoms with Crippen LogP contribution in [0.25, 0.3) is 0 Å². The van der Waals surface area contributed by atoms with Gasteiger partial charge in [0.2, 0.25) is 5.78 Å². The third-order valence-electron chi connectivity index (χ3n) is 1.96. The average molecular weight is 166 g/mol. The number of rotatable bonds is 1. The van der Waals surface area contributed by atoms with Crippen molar-refractivity contribution in [2.45, 2.75) is 20.3 Å². The molecule has 0 aromatic heterocycles. The summed E-state index contributed by atoms with van der Waals surface area (Å²) in [5, 5.41) is 0. The molecule has 0 atom stereocenters. The van der Waals surface area contributed by atoms with Gasteiger partial charge in [-0.25, -0.2) is 0 Å². The molecule has 0 aromatic carbocycles. The van der Waals surface area contributed by atoms with Crippen LogP contribution in [-0.2, 0) is 9.53 Å². The first-order chi connectivity index (χ1) is 5.55. The Hall–Kier alpha value is -1.05. The van der Waals surface area contributed by atoms with E-state index in [-0.39, 0.29) is 11.2 Å². The Labute approximate surface area is 72.9 Å². The van der Waals surface area contributed by atoms with Crippen molar-refractivity contribution >= 4 is 5.78 Å². The van der Waals surface area contributed by atoms with Crippen molar-refractivity contribution in [3.63, 3.8) is 0 Å². The lowest BCUT2D eigenvalue weighted by atomic mass is 9.90. The summed E-state index contributed by atoms with van der Waals surface area (Å²) in [5.74, 6) is 0.417. The fraction of sp³-hybridized carbons (Fsp3) is 0.500. The molecule has 66 valence electrons. The molecular formula is C10H14O2. The van der Waals surface area contributed by atoms with Crippen LogP contribution in [0.3, 0.4) is 0 Å². The highest BCUT2D eigenvalue weighted by atomic mass is 16.5. The molecule has 0 bridgehead atoms. The molecule has 0 saturated carbocycles. The van der Waals surface area contributed by atoms with E-state index in [1.54, 1.807) is 6.08 Å². The number of hydrogen-bond acceptors (Lipinski definition) is 2. The minimum atomic E-state index is -0.0388. The van der Waals surface area contributed by atoms with Crippen molar-refractivity contribution < 1.29 is 9.53 Å². The van der Waals surface area contributed by atoms with E-state index >= 15 is 0 Å². The lowest BCUT2D eigenvalue weighted by molar-refractivity contribution is -0.114. The standard InChI is InChI=1S/C10H14O2/c1-10(2)6-4-8(11)9(12-3)5-7-10/h4-6H,7H2,1-3H3. The van der Waals surface area contributed by atoms with Gasteiger partial charge in [-0.1, -0.05) is 19.9 Å². The maximum Gasteiger partial charge on any atom is 0.219 e. The Morgan fingerprint density at radius 2 is 2.17 bits per heavy atom. The summed E-state index contributed by atoms with van der Waals surface area (Å²) in [6.45, 7) is 4.18. The van der Waals surface area contributed by atoms with Crippen LogP contribution in [0.5, 0.6) is 0 Å². The van der Waals surface area contributed by atoms with Crippen LogP contribution in [0.1, 0.15) is 20.3 Å². The summed E-state index contributed by atoms with van der Waals surface area (Å²) in [6.07, 6.45) is 6.21. The van der Waals surface area contributed by atoms with Gasteiger partial charge in [-0.3, -0.25) is 4.79 Å². The first-order valence-corrected chi connectivity index (χ1v) is 4.03. The van der Waals surface area contributed by atoms with Crippen LogP contribution < -0.4 is 0 Å². The maximum absolute atomic E-state index is 11.3. The van der Waals surface area contributed by atoms with Gasteiger partial charge >= 0.3 is 0 Å². The second kappa shape index (κ2) is 3.13. The summed E-state index contributed by atoms with van der Waals surface area (Å²) < 4.78 is 4.94. The quantitative estimate of drug-likeness (QED) is 0.596. The van der Waals surface area contributed by atoms with Crippen molar-refractivity contribution in [1.29, 1.82) is 0 Å².